The molecule has 0 radical (unpaired) electrons. The second-order valence-corrected chi connectivity index (χ2v) is 14.4. The summed E-state index contributed by atoms with van der Waals surface area (Å²) in [6.07, 6.45) is 39.5. The van der Waals surface area contributed by atoms with Gasteiger partial charge in [-0.25, -0.2) is 0 Å². The Balaban J connectivity index is 4.61. The van der Waals surface area contributed by atoms with Gasteiger partial charge in [-0.2, -0.15) is 0 Å². The average Bonchev–Trinajstić information content (AvgIpc) is 3.09. The van der Waals surface area contributed by atoms with Gasteiger partial charge in [-0.3, -0.25) is 9.59 Å². The number of esters is 1. The summed E-state index contributed by atoms with van der Waals surface area (Å²) in [6, 6.07) is -0.700. The van der Waals surface area contributed by atoms with Crippen molar-refractivity contribution in [2.45, 2.75) is 232 Å². The van der Waals surface area contributed by atoms with Crippen molar-refractivity contribution < 1.29 is 24.5 Å². The van der Waals surface area contributed by atoms with E-state index in [9.17, 15) is 19.8 Å². The van der Waals surface area contributed by atoms with Crippen LogP contribution in [0.25, 0.3) is 0 Å². The lowest BCUT2D eigenvalue weighted by Crippen LogP contribution is -2.46. The first kappa shape index (κ1) is 47.3. The lowest BCUT2D eigenvalue weighted by atomic mass is 10.0. The maximum atomic E-state index is 13.0. The standard InChI is InChI=1S/C43H81NO5/c1-4-7-10-13-16-19-22-25-28-31-34-39(49-43(48)36-33-30-27-24-21-18-15-12-9-6-3)37-42(47)44-40(38-45)41(46)35-32-29-26-23-20-17-14-11-8-5-2/h12,15-16,19,39-41,45-46H,4-11,13-14,17-18,20-38H2,1-3H3,(H,44,47)/b15-12-,19-16-. The quantitative estimate of drug-likeness (QED) is 0.0342. The van der Waals surface area contributed by atoms with Crippen LogP contribution in [0.15, 0.2) is 24.3 Å². The molecule has 1 amide bonds. The Morgan fingerprint density at radius 3 is 1.59 bits per heavy atom. The van der Waals surface area contributed by atoms with Crippen molar-refractivity contribution in [3.63, 3.8) is 0 Å². The van der Waals surface area contributed by atoms with Crippen LogP contribution in [0.4, 0.5) is 0 Å². The van der Waals surface area contributed by atoms with E-state index in [0.29, 0.717) is 19.3 Å². The number of carbonyl (C=O) groups excluding carboxylic acids is 2. The van der Waals surface area contributed by atoms with E-state index in [0.717, 1.165) is 83.5 Å². The fraction of sp³-hybridized carbons (Fsp3) is 0.860. The van der Waals surface area contributed by atoms with Gasteiger partial charge in [0.2, 0.25) is 5.91 Å². The van der Waals surface area contributed by atoms with E-state index in [1.807, 2.05) is 0 Å². The predicted octanol–water partition coefficient (Wildman–Crippen LogP) is 11.6. The van der Waals surface area contributed by atoms with Crippen molar-refractivity contribution in [2.24, 2.45) is 0 Å². The molecule has 0 fully saturated rings. The lowest BCUT2D eigenvalue weighted by Gasteiger charge is -2.24. The molecule has 288 valence electrons. The van der Waals surface area contributed by atoms with E-state index < -0.39 is 18.2 Å². The molecule has 0 aromatic rings. The fourth-order valence-electron chi connectivity index (χ4n) is 6.25. The summed E-state index contributed by atoms with van der Waals surface area (Å²) < 4.78 is 5.85. The zero-order chi connectivity index (χ0) is 36.0. The van der Waals surface area contributed by atoms with Gasteiger partial charge in [-0.05, 0) is 70.6 Å². The van der Waals surface area contributed by atoms with Crippen LogP contribution in [0.2, 0.25) is 0 Å². The van der Waals surface area contributed by atoms with E-state index in [-0.39, 0.29) is 24.9 Å². The molecule has 0 aliphatic rings. The molecule has 3 atom stereocenters. The normalized spacial score (nSPS) is 13.7. The number of aliphatic hydroxyl groups is 2. The first-order chi connectivity index (χ1) is 24.0. The molecule has 49 heavy (non-hydrogen) atoms. The monoisotopic (exact) mass is 692 g/mol. The maximum absolute atomic E-state index is 13.0. The molecular weight excluding hydrogens is 610 g/mol. The molecule has 6 nitrogen and oxygen atoms in total. The molecular formula is C43H81NO5. The van der Waals surface area contributed by atoms with Crippen molar-refractivity contribution in [1.82, 2.24) is 5.32 Å². The third-order valence-electron chi connectivity index (χ3n) is 9.48. The van der Waals surface area contributed by atoms with Gasteiger partial charge in [-0.15, -0.1) is 0 Å². The topological polar surface area (TPSA) is 95.9 Å². The van der Waals surface area contributed by atoms with Crippen LogP contribution in [0, 0.1) is 0 Å². The Bertz CT molecular complexity index is 782. The Morgan fingerprint density at radius 2 is 1.02 bits per heavy atom. The molecule has 0 saturated heterocycles. The SMILES string of the molecule is CCC/C=C\CCCCCCCC(=O)OC(CCCCC/C=C\CCCCC)CC(=O)NC(CO)C(O)CCCCCCCCCCCC. The van der Waals surface area contributed by atoms with Crippen LogP contribution in [0.1, 0.15) is 213 Å². The summed E-state index contributed by atoms with van der Waals surface area (Å²) in [7, 11) is 0. The number of carbonyl (C=O) groups is 2. The van der Waals surface area contributed by atoms with Crippen LogP contribution < -0.4 is 5.32 Å². The highest BCUT2D eigenvalue weighted by molar-refractivity contribution is 5.77. The second kappa shape index (κ2) is 37.6. The summed E-state index contributed by atoms with van der Waals surface area (Å²) in [6.45, 7) is 6.35. The van der Waals surface area contributed by atoms with Gasteiger partial charge in [0.15, 0.2) is 0 Å². The minimum Gasteiger partial charge on any atom is -0.462 e. The van der Waals surface area contributed by atoms with Gasteiger partial charge in [0, 0.05) is 6.42 Å². The summed E-state index contributed by atoms with van der Waals surface area (Å²) in [5.41, 5.74) is 0. The Kier molecular flexibility index (Phi) is 36.3. The molecule has 0 rings (SSSR count). The van der Waals surface area contributed by atoms with E-state index in [1.54, 1.807) is 0 Å². The summed E-state index contributed by atoms with van der Waals surface area (Å²) in [5, 5.41) is 23.5. The molecule has 0 saturated carbocycles. The minimum absolute atomic E-state index is 0.0656. The molecule has 3 unspecified atom stereocenters. The third kappa shape index (κ3) is 33.3. The summed E-state index contributed by atoms with van der Waals surface area (Å²) in [5.74, 6) is -0.503. The molecule has 0 aromatic carbocycles. The van der Waals surface area contributed by atoms with Crippen LogP contribution in [-0.4, -0.2) is 46.9 Å². The highest BCUT2D eigenvalue weighted by Gasteiger charge is 2.24. The van der Waals surface area contributed by atoms with Gasteiger partial charge < -0.3 is 20.3 Å². The number of amides is 1. The van der Waals surface area contributed by atoms with Crippen molar-refractivity contribution in [1.29, 1.82) is 0 Å². The smallest absolute Gasteiger partial charge is 0.306 e. The van der Waals surface area contributed by atoms with E-state index in [4.69, 9.17) is 4.74 Å². The van der Waals surface area contributed by atoms with Crippen molar-refractivity contribution in [3.8, 4) is 0 Å². The number of rotatable bonds is 37. The van der Waals surface area contributed by atoms with E-state index >= 15 is 0 Å². The third-order valence-corrected chi connectivity index (χ3v) is 9.48. The first-order valence-corrected chi connectivity index (χ1v) is 21.1. The van der Waals surface area contributed by atoms with Crippen molar-refractivity contribution >= 4 is 11.9 Å². The second-order valence-electron chi connectivity index (χ2n) is 14.4. The maximum Gasteiger partial charge on any atom is 0.306 e. The van der Waals surface area contributed by atoms with Crippen LogP contribution in [0.3, 0.4) is 0 Å². The summed E-state index contributed by atoms with van der Waals surface area (Å²) >= 11 is 0. The Morgan fingerprint density at radius 1 is 0.571 bits per heavy atom. The Labute approximate surface area is 303 Å². The zero-order valence-corrected chi connectivity index (χ0v) is 32.6. The number of hydrogen-bond acceptors (Lipinski definition) is 5. The predicted molar refractivity (Wildman–Crippen MR) is 209 cm³/mol. The number of ether oxygens (including phenoxy) is 1. The van der Waals surface area contributed by atoms with Gasteiger partial charge in [0.25, 0.3) is 0 Å². The van der Waals surface area contributed by atoms with Crippen LogP contribution >= 0.6 is 0 Å². The fourth-order valence-corrected chi connectivity index (χ4v) is 6.25. The Hall–Kier alpha value is -1.66. The average molecular weight is 692 g/mol. The van der Waals surface area contributed by atoms with E-state index in [2.05, 4.69) is 50.4 Å². The first-order valence-electron chi connectivity index (χ1n) is 21.1. The number of unbranched alkanes of at least 4 members (excludes halogenated alkanes) is 21. The van der Waals surface area contributed by atoms with Crippen LogP contribution in [0.5, 0.6) is 0 Å². The van der Waals surface area contributed by atoms with Gasteiger partial charge in [0.1, 0.15) is 6.10 Å². The highest BCUT2D eigenvalue weighted by atomic mass is 16.5. The van der Waals surface area contributed by atoms with Crippen molar-refractivity contribution in [3.05, 3.63) is 24.3 Å². The van der Waals surface area contributed by atoms with Crippen molar-refractivity contribution in [2.75, 3.05) is 6.61 Å². The minimum atomic E-state index is -0.786. The molecule has 0 aromatic heterocycles. The largest absolute Gasteiger partial charge is 0.462 e. The van der Waals surface area contributed by atoms with Gasteiger partial charge >= 0.3 is 5.97 Å². The number of hydrogen-bond donors (Lipinski definition) is 3. The molecule has 0 bridgehead atoms. The molecule has 3 N–H and O–H groups in total. The number of nitrogens with one attached hydrogen (secondary N) is 1. The lowest BCUT2D eigenvalue weighted by molar-refractivity contribution is -0.151. The number of aliphatic hydroxyl groups excluding tert-OH is 2. The molecule has 0 aliphatic heterocycles. The summed E-state index contributed by atoms with van der Waals surface area (Å²) in [4.78, 5) is 25.8. The molecule has 0 spiro atoms. The van der Waals surface area contributed by atoms with Crippen LogP contribution in [-0.2, 0) is 14.3 Å². The molecule has 0 aliphatic carbocycles. The number of allylic oxidation sites excluding steroid dienone is 4. The molecule has 6 heteroatoms. The zero-order valence-electron chi connectivity index (χ0n) is 32.6. The highest BCUT2D eigenvalue weighted by Crippen LogP contribution is 2.17. The van der Waals surface area contributed by atoms with E-state index in [1.165, 1.54) is 83.5 Å². The van der Waals surface area contributed by atoms with Gasteiger partial charge in [0.05, 0.1) is 25.2 Å². The van der Waals surface area contributed by atoms with Gasteiger partial charge in [-0.1, -0.05) is 154 Å². The molecule has 0 heterocycles.